The Morgan fingerprint density at radius 1 is 1.27 bits per heavy atom. The first-order valence-corrected chi connectivity index (χ1v) is 7.51. The Labute approximate surface area is 131 Å². The monoisotopic (exact) mass is 298 g/mol. The highest BCUT2D eigenvalue weighted by atomic mass is 16.5. The van der Waals surface area contributed by atoms with Gasteiger partial charge in [-0.1, -0.05) is 29.8 Å². The molecule has 0 spiro atoms. The molecule has 1 heterocycles. The van der Waals surface area contributed by atoms with Crippen LogP contribution in [0.1, 0.15) is 35.3 Å². The Hall–Kier alpha value is -2.36. The maximum atomic E-state index is 12.0. The highest BCUT2D eigenvalue weighted by Crippen LogP contribution is 2.09. The van der Waals surface area contributed by atoms with Crippen molar-refractivity contribution >= 4 is 5.91 Å². The van der Waals surface area contributed by atoms with Crippen molar-refractivity contribution in [1.82, 2.24) is 10.3 Å². The molecule has 0 aliphatic carbocycles. The largest absolute Gasteiger partial charge is 0.475 e. The van der Waals surface area contributed by atoms with Crippen LogP contribution in [0.25, 0.3) is 0 Å². The van der Waals surface area contributed by atoms with Gasteiger partial charge in [0.1, 0.15) is 0 Å². The van der Waals surface area contributed by atoms with Gasteiger partial charge in [-0.25, -0.2) is 4.98 Å². The molecule has 116 valence electrons. The summed E-state index contributed by atoms with van der Waals surface area (Å²) in [5.41, 5.74) is 2.99. The van der Waals surface area contributed by atoms with Crippen molar-refractivity contribution in [1.29, 1.82) is 0 Å². The van der Waals surface area contributed by atoms with Gasteiger partial charge >= 0.3 is 0 Å². The standard InChI is InChI=1S/C18H22N2O2/c1-13(2)22-17-8-7-16(12-20-17)18(21)19-10-9-15-6-4-5-14(3)11-15/h4-8,11-13H,9-10H2,1-3H3,(H,19,21). The lowest BCUT2D eigenvalue weighted by Gasteiger charge is -2.09. The number of carbonyl (C=O) groups excluding carboxylic acids is 1. The summed E-state index contributed by atoms with van der Waals surface area (Å²) < 4.78 is 5.46. The van der Waals surface area contributed by atoms with Crippen molar-refractivity contribution in [2.24, 2.45) is 0 Å². The zero-order valence-electron chi connectivity index (χ0n) is 13.3. The van der Waals surface area contributed by atoms with E-state index in [2.05, 4.69) is 35.4 Å². The number of ether oxygens (including phenoxy) is 1. The lowest BCUT2D eigenvalue weighted by Crippen LogP contribution is -2.25. The highest BCUT2D eigenvalue weighted by Gasteiger charge is 2.06. The fourth-order valence-electron chi connectivity index (χ4n) is 2.12. The molecule has 0 aliphatic rings. The fourth-order valence-corrected chi connectivity index (χ4v) is 2.12. The molecule has 2 aromatic rings. The fraction of sp³-hybridized carbons (Fsp3) is 0.333. The summed E-state index contributed by atoms with van der Waals surface area (Å²) >= 11 is 0. The Balaban J connectivity index is 1.84. The van der Waals surface area contributed by atoms with Crippen LogP contribution < -0.4 is 10.1 Å². The lowest BCUT2D eigenvalue weighted by atomic mass is 10.1. The minimum absolute atomic E-state index is 0.0708. The van der Waals surface area contributed by atoms with Crippen LogP contribution in [0.4, 0.5) is 0 Å². The maximum absolute atomic E-state index is 12.0. The molecule has 1 aromatic heterocycles. The van der Waals surface area contributed by atoms with Gasteiger partial charge in [0, 0.05) is 18.8 Å². The van der Waals surface area contributed by atoms with Crippen molar-refractivity contribution in [3.8, 4) is 5.88 Å². The van der Waals surface area contributed by atoms with Crippen molar-refractivity contribution < 1.29 is 9.53 Å². The molecule has 0 aliphatic heterocycles. The summed E-state index contributed by atoms with van der Waals surface area (Å²) in [6.45, 7) is 6.54. The van der Waals surface area contributed by atoms with E-state index in [1.807, 2.05) is 19.9 Å². The minimum Gasteiger partial charge on any atom is -0.475 e. The second kappa shape index (κ2) is 7.59. The van der Waals surface area contributed by atoms with Gasteiger partial charge in [-0.3, -0.25) is 4.79 Å². The number of hydrogen-bond donors (Lipinski definition) is 1. The average molecular weight is 298 g/mol. The minimum atomic E-state index is -0.115. The number of aryl methyl sites for hydroxylation is 1. The third-order valence-corrected chi connectivity index (χ3v) is 3.14. The van der Waals surface area contributed by atoms with Gasteiger partial charge in [0.2, 0.25) is 5.88 Å². The van der Waals surface area contributed by atoms with Crippen LogP contribution in [0.2, 0.25) is 0 Å². The summed E-state index contributed by atoms with van der Waals surface area (Å²) in [7, 11) is 0. The van der Waals surface area contributed by atoms with E-state index < -0.39 is 0 Å². The zero-order chi connectivity index (χ0) is 15.9. The van der Waals surface area contributed by atoms with E-state index in [1.54, 1.807) is 18.3 Å². The smallest absolute Gasteiger partial charge is 0.252 e. The van der Waals surface area contributed by atoms with Crippen molar-refractivity contribution in [2.45, 2.75) is 33.3 Å². The van der Waals surface area contributed by atoms with Crippen molar-refractivity contribution in [3.05, 3.63) is 59.3 Å². The number of carbonyl (C=O) groups is 1. The molecule has 0 radical (unpaired) electrons. The molecule has 1 N–H and O–H groups in total. The van der Waals surface area contributed by atoms with E-state index in [0.717, 1.165) is 6.42 Å². The number of pyridine rings is 1. The molecule has 0 atom stereocenters. The Kier molecular flexibility index (Phi) is 5.53. The van der Waals surface area contributed by atoms with Crippen LogP contribution in [0.5, 0.6) is 5.88 Å². The molecule has 4 heteroatoms. The van der Waals surface area contributed by atoms with Crippen LogP contribution in [-0.2, 0) is 6.42 Å². The van der Waals surface area contributed by atoms with Gasteiger partial charge in [0.15, 0.2) is 0 Å². The van der Waals surface area contributed by atoms with Crippen LogP contribution >= 0.6 is 0 Å². The zero-order valence-corrected chi connectivity index (χ0v) is 13.3. The molecule has 0 unspecified atom stereocenters. The molecular formula is C18H22N2O2. The van der Waals surface area contributed by atoms with E-state index in [4.69, 9.17) is 4.74 Å². The SMILES string of the molecule is Cc1cccc(CCNC(=O)c2ccc(OC(C)C)nc2)c1. The number of hydrogen-bond acceptors (Lipinski definition) is 3. The van der Waals surface area contributed by atoms with Gasteiger partial charge < -0.3 is 10.1 Å². The first-order valence-electron chi connectivity index (χ1n) is 7.51. The molecule has 22 heavy (non-hydrogen) atoms. The summed E-state index contributed by atoms with van der Waals surface area (Å²) in [5.74, 6) is 0.419. The van der Waals surface area contributed by atoms with Crippen LogP contribution in [-0.4, -0.2) is 23.5 Å². The Bertz CT molecular complexity index is 621. The first kappa shape index (κ1) is 16.0. The summed E-state index contributed by atoms with van der Waals surface area (Å²) in [5, 5.41) is 2.91. The van der Waals surface area contributed by atoms with Gasteiger partial charge in [0.25, 0.3) is 5.91 Å². The van der Waals surface area contributed by atoms with Crippen LogP contribution in [0.3, 0.4) is 0 Å². The number of nitrogens with one attached hydrogen (secondary N) is 1. The van der Waals surface area contributed by atoms with Gasteiger partial charge in [-0.15, -0.1) is 0 Å². The number of amides is 1. The molecule has 1 amide bonds. The van der Waals surface area contributed by atoms with Gasteiger partial charge in [0.05, 0.1) is 11.7 Å². The predicted octanol–water partition coefficient (Wildman–Crippen LogP) is 3.15. The van der Waals surface area contributed by atoms with Crippen LogP contribution in [0, 0.1) is 6.92 Å². The number of nitrogens with zero attached hydrogens (tertiary/aromatic N) is 1. The van der Waals surface area contributed by atoms with E-state index >= 15 is 0 Å². The molecular weight excluding hydrogens is 276 g/mol. The van der Waals surface area contributed by atoms with E-state index in [1.165, 1.54) is 11.1 Å². The highest BCUT2D eigenvalue weighted by molar-refractivity contribution is 5.93. The lowest BCUT2D eigenvalue weighted by molar-refractivity contribution is 0.0953. The second-order valence-electron chi connectivity index (χ2n) is 5.55. The quantitative estimate of drug-likeness (QED) is 0.891. The molecule has 0 saturated carbocycles. The van der Waals surface area contributed by atoms with E-state index in [0.29, 0.717) is 18.0 Å². The average Bonchev–Trinajstić information content (AvgIpc) is 2.47. The van der Waals surface area contributed by atoms with Crippen molar-refractivity contribution in [2.75, 3.05) is 6.54 Å². The number of rotatable bonds is 6. The summed E-state index contributed by atoms with van der Waals surface area (Å²) in [6, 6.07) is 11.7. The van der Waals surface area contributed by atoms with E-state index in [9.17, 15) is 4.79 Å². The predicted molar refractivity (Wildman–Crippen MR) is 87.2 cm³/mol. The molecule has 1 aromatic carbocycles. The number of aromatic nitrogens is 1. The second-order valence-corrected chi connectivity index (χ2v) is 5.55. The van der Waals surface area contributed by atoms with Crippen molar-refractivity contribution in [3.63, 3.8) is 0 Å². The maximum Gasteiger partial charge on any atom is 0.252 e. The molecule has 2 rings (SSSR count). The summed E-state index contributed by atoms with van der Waals surface area (Å²) in [4.78, 5) is 16.2. The van der Waals surface area contributed by atoms with Gasteiger partial charge in [-0.05, 0) is 38.8 Å². The Morgan fingerprint density at radius 3 is 2.73 bits per heavy atom. The molecule has 0 bridgehead atoms. The van der Waals surface area contributed by atoms with E-state index in [-0.39, 0.29) is 12.0 Å². The summed E-state index contributed by atoms with van der Waals surface area (Å²) in [6.07, 6.45) is 2.43. The molecule has 4 nitrogen and oxygen atoms in total. The normalized spacial score (nSPS) is 10.5. The number of benzene rings is 1. The third kappa shape index (κ3) is 4.88. The Morgan fingerprint density at radius 2 is 2.09 bits per heavy atom. The molecule has 0 fully saturated rings. The topological polar surface area (TPSA) is 51.2 Å². The third-order valence-electron chi connectivity index (χ3n) is 3.14. The first-order chi connectivity index (χ1) is 10.5. The molecule has 0 saturated heterocycles. The van der Waals surface area contributed by atoms with Gasteiger partial charge in [-0.2, -0.15) is 0 Å². The van der Waals surface area contributed by atoms with Crippen LogP contribution in [0.15, 0.2) is 42.6 Å².